The molecule has 0 spiro atoms. The van der Waals surface area contributed by atoms with Crippen molar-refractivity contribution in [2.45, 2.75) is 6.43 Å². The van der Waals surface area contributed by atoms with Crippen LogP contribution in [0.5, 0.6) is 5.75 Å². The second kappa shape index (κ2) is 4.90. The van der Waals surface area contributed by atoms with Gasteiger partial charge in [0, 0.05) is 4.47 Å². The molecule has 0 N–H and O–H groups in total. The van der Waals surface area contributed by atoms with E-state index in [2.05, 4.69) is 15.9 Å². The number of Topliss-reactive ketones (excluding diaryl/α,β-unsaturated/α-hetero) is 1. The number of ether oxygens (including phenoxy) is 1. The van der Waals surface area contributed by atoms with Crippen molar-refractivity contribution in [2.75, 3.05) is 7.11 Å². The van der Waals surface area contributed by atoms with Crippen LogP contribution in [0.2, 0.25) is 5.02 Å². The lowest BCUT2D eigenvalue weighted by atomic mass is 10.1. The number of halogens is 4. The van der Waals surface area contributed by atoms with Gasteiger partial charge in [0.25, 0.3) is 0 Å². The third-order valence-corrected chi connectivity index (χ3v) is 2.76. The van der Waals surface area contributed by atoms with E-state index in [-0.39, 0.29) is 20.8 Å². The number of rotatable bonds is 3. The van der Waals surface area contributed by atoms with Gasteiger partial charge in [-0.15, -0.1) is 0 Å². The lowest BCUT2D eigenvalue weighted by molar-refractivity contribution is 0.0677. The molecule has 0 bridgehead atoms. The molecule has 2 nitrogen and oxygen atoms in total. The van der Waals surface area contributed by atoms with Crippen LogP contribution >= 0.6 is 27.5 Å². The standard InChI is InChI=1S/C9H6BrClF2O2/c1-15-5-3-2-4(10)6(7(5)11)8(14)9(12)13/h2-3,9H,1H3. The molecule has 0 saturated carbocycles. The molecule has 15 heavy (non-hydrogen) atoms. The van der Waals surface area contributed by atoms with Crippen molar-refractivity contribution in [3.63, 3.8) is 0 Å². The predicted octanol–water partition coefficient (Wildman–Crippen LogP) is 3.56. The molecule has 0 aromatic heterocycles. The number of alkyl halides is 2. The smallest absolute Gasteiger partial charge is 0.300 e. The Bertz CT molecular complexity index is 396. The average Bonchev–Trinajstić information content (AvgIpc) is 2.17. The zero-order valence-electron chi connectivity index (χ0n) is 7.56. The van der Waals surface area contributed by atoms with Crippen LogP contribution in [0.25, 0.3) is 0 Å². The first kappa shape index (κ1) is 12.4. The highest BCUT2D eigenvalue weighted by atomic mass is 79.9. The number of methoxy groups -OCH3 is 1. The quantitative estimate of drug-likeness (QED) is 0.798. The summed E-state index contributed by atoms with van der Waals surface area (Å²) in [4.78, 5) is 11.1. The third-order valence-electron chi connectivity index (χ3n) is 1.72. The van der Waals surface area contributed by atoms with E-state index in [1.807, 2.05) is 0 Å². The molecule has 0 amide bonds. The summed E-state index contributed by atoms with van der Waals surface area (Å²) < 4.78 is 29.5. The highest BCUT2D eigenvalue weighted by molar-refractivity contribution is 9.10. The van der Waals surface area contributed by atoms with E-state index in [9.17, 15) is 13.6 Å². The number of hydrogen-bond acceptors (Lipinski definition) is 2. The SMILES string of the molecule is COc1ccc(Br)c(C(=O)C(F)F)c1Cl. The van der Waals surface area contributed by atoms with Gasteiger partial charge in [-0.3, -0.25) is 4.79 Å². The van der Waals surface area contributed by atoms with Gasteiger partial charge in [0.2, 0.25) is 5.78 Å². The summed E-state index contributed by atoms with van der Waals surface area (Å²) >= 11 is 8.73. The van der Waals surface area contributed by atoms with E-state index in [1.165, 1.54) is 19.2 Å². The first-order valence-corrected chi connectivity index (χ1v) is 5.00. The van der Waals surface area contributed by atoms with Crippen molar-refractivity contribution >= 4 is 33.3 Å². The first-order chi connectivity index (χ1) is 6.99. The molecule has 0 fully saturated rings. The molecule has 0 unspecified atom stereocenters. The number of ketones is 1. The van der Waals surface area contributed by atoms with Crippen LogP contribution in [0.3, 0.4) is 0 Å². The van der Waals surface area contributed by atoms with E-state index in [0.717, 1.165) is 0 Å². The fourth-order valence-electron chi connectivity index (χ4n) is 1.03. The predicted molar refractivity (Wildman–Crippen MR) is 56.0 cm³/mol. The van der Waals surface area contributed by atoms with Crippen LogP contribution in [-0.4, -0.2) is 19.3 Å². The summed E-state index contributed by atoms with van der Waals surface area (Å²) in [6.07, 6.45) is -3.09. The molecule has 1 aromatic rings. The van der Waals surface area contributed by atoms with E-state index in [0.29, 0.717) is 0 Å². The Morgan fingerprint density at radius 1 is 1.53 bits per heavy atom. The molecule has 0 atom stereocenters. The highest BCUT2D eigenvalue weighted by Gasteiger charge is 2.25. The van der Waals surface area contributed by atoms with Gasteiger partial charge in [-0.1, -0.05) is 11.6 Å². The average molecular weight is 299 g/mol. The zero-order valence-corrected chi connectivity index (χ0v) is 9.90. The summed E-state index contributed by atoms with van der Waals surface area (Å²) in [5.74, 6) is -1.14. The van der Waals surface area contributed by atoms with Crippen LogP contribution in [0.4, 0.5) is 8.78 Å². The van der Waals surface area contributed by atoms with Crippen molar-refractivity contribution in [1.29, 1.82) is 0 Å². The van der Waals surface area contributed by atoms with Crippen LogP contribution in [0.1, 0.15) is 10.4 Å². The van der Waals surface area contributed by atoms with E-state index >= 15 is 0 Å². The Balaban J connectivity index is 3.33. The highest BCUT2D eigenvalue weighted by Crippen LogP contribution is 2.34. The fourth-order valence-corrected chi connectivity index (χ4v) is 2.00. The molecule has 6 heteroatoms. The normalized spacial score (nSPS) is 10.5. The number of benzene rings is 1. The van der Waals surface area contributed by atoms with Crippen molar-refractivity contribution in [3.8, 4) is 5.75 Å². The van der Waals surface area contributed by atoms with E-state index < -0.39 is 12.2 Å². The van der Waals surface area contributed by atoms with Gasteiger partial charge in [-0.05, 0) is 28.1 Å². The van der Waals surface area contributed by atoms with Crippen molar-refractivity contribution in [1.82, 2.24) is 0 Å². The number of carbonyl (C=O) groups excluding carboxylic acids is 1. The van der Waals surface area contributed by atoms with Crippen molar-refractivity contribution in [2.24, 2.45) is 0 Å². The molecule has 0 saturated heterocycles. The van der Waals surface area contributed by atoms with Gasteiger partial charge < -0.3 is 4.74 Å². The van der Waals surface area contributed by atoms with Crippen LogP contribution in [-0.2, 0) is 0 Å². The number of hydrogen-bond donors (Lipinski definition) is 0. The van der Waals surface area contributed by atoms with Gasteiger partial charge in [-0.25, -0.2) is 8.78 Å². The number of carbonyl (C=O) groups is 1. The lowest BCUT2D eigenvalue weighted by Gasteiger charge is -2.09. The second-order valence-electron chi connectivity index (χ2n) is 2.60. The largest absolute Gasteiger partial charge is 0.495 e. The van der Waals surface area contributed by atoms with Crippen molar-refractivity contribution < 1.29 is 18.3 Å². The third kappa shape index (κ3) is 2.46. The van der Waals surface area contributed by atoms with Crippen LogP contribution in [0.15, 0.2) is 16.6 Å². The summed E-state index contributed by atoms with van der Waals surface area (Å²) in [5, 5.41) is -0.114. The summed E-state index contributed by atoms with van der Waals surface area (Å²) in [7, 11) is 1.34. The molecule has 0 aliphatic rings. The molecule has 1 aromatic carbocycles. The summed E-state index contributed by atoms with van der Waals surface area (Å²) in [5.41, 5.74) is -0.258. The molecule has 0 radical (unpaired) electrons. The maximum atomic E-state index is 12.2. The summed E-state index contributed by atoms with van der Waals surface area (Å²) in [6.45, 7) is 0. The van der Waals surface area contributed by atoms with Gasteiger partial charge >= 0.3 is 6.43 Å². The minimum Gasteiger partial charge on any atom is -0.495 e. The monoisotopic (exact) mass is 298 g/mol. The minimum absolute atomic E-state index is 0.114. The van der Waals surface area contributed by atoms with Crippen LogP contribution < -0.4 is 4.74 Å². The van der Waals surface area contributed by atoms with Gasteiger partial charge in [0.1, 0.15) is 5.75 Å². The van der Waals surface area contributed by atoms with Crippen molar-refractivity contribution in [3.05, 3.63) is 27.2 Å². The Hall–Kier alpha value is -0.680. The molecule has 0 aliphatic carbocycles. The molecular weight excluding hydrogens is 293 g/mol. The Morgan fingerprint density at radius 3 is 2.60 bits per heavy atom. The zero-order chi connectivity index (χ0) is 11.6. The first-order valence-electron chi connectivity index (χ1n) is 3.83. The molecular formula is C9H6BrClF2O2. The maximum absolute atomic E-state index is 12.2. The topological polar surface area (TPSA) is 26.3 Å². The van der Waals surface area contributed by atoms with Gasteiger partial charge in [-0.2, -0.15) is 0 Å². The maximum Gasteiger partial charge on any atom is 0.300 e. The fraction of sp³-hybridized carbons (Fsp3) is 0.222. The van der Waals surface area contributed by atoms with Crippen LogP contribution in [0, 0.1) is 0 Å². The molecule has 0 aliphatic heterocycles. The van der Waals surface area contributed by atoms with E-state index in [1.54, 1.807) is 0 Å². The van der Waals surface area contributed by atoms with Gasteiger partial charge in [0.05, 0.1) is 17.7 Å². The van der Waals surface area contributed by atoms with Gasteiger partial charge in [0.15, 0.2) is 0 Å². The second-order valence-corrected chi connectivity index (χ2v) is 3.84. The minimum atomic E-state index is -3.09. The summed E-state index contributed by atoms with van der Waals surface area (Å²) in [6, 6.07) is 2.91. The lowest BCUT2D eigenvalue weighted by Crippen LogP contribution is -2.12. The molecule has 1 rings (SSSR count). The Kier molecular flexibility index (Phi) is 4.04. The molecule has 82 valence electrons. The Labute approximate surface area is 98.3 Å². The molecule has 0 heterocycles. The Morgan fingerprint density at radius 2 is 2.13 bits per heavy atom. The van der Waals surface area contributed by atoms with E-state index in [4.69, 9.17) is 16.3 Å².